The molecular weight excluding hydrogens is 230 g/mol. The summed E-state index contributed by atoms with van der Waals surface area (Å²) in [6, 6.07) is 3.90. The van der Waals surface area contributed by atoms with Gasteiger partial charge in [-0.05, 0) is 34.5 Å². The van der Waals surface area contributed by atoms with Gasteiger partial charge in [0.25, 0.3) is 0 Å². The molecule has 0 aliphatic rings. The van der Waals surface area contributed by atoms with E-state index in [1.165, 1.54) is 0 Å². The number of aryl methyl sites for hydroxylation is 1. The van der Waals surface area contributed by atoms with Crippen molar-refractivity contribution in [3.05, 3.63) is 28.5 Å². The highest BCUT2D eigenvalue weighted by atomic mass is 79.9. The van der Waals surface area contributed by atoms with Gasteiger partial charge in [0.1, 0.15) is 5.82 Å². The van der Waals surface area contributed by atoms with Gasteiger partial charge in [-0.1, -0.05) is 6.92 Å². The quantitative estimate of drug-likeness (QED) is 0.830. The second kappa shape index (κ2) is 3.03. The number of nitrogen functional groups attached to an aromatic ring is 1. The Kier molecular flexibility index (Phi) is 2.00. The summed E-state index contributed by atoms with van der Waals surface area (Å²) in [6.07, 6.45) is 2.78. The SMILES string of the molecule is CCc1nc2c(Br)cccn2c1N. The number of nitrogens with zero attached hydrogens (tertiary/aromatic N) is 2. The molecule has 0 aliphatic heterocycles. The number of nitrogens with two attached hydrogens (primary N) is 1. The van der Waals surface area contributed by atoms with Crippen LogP contribution in [0.5, 0.6) is 0 Å². The van der Waals surface area contributed by atoms with Crippen LogP contribution in [0, 0.1) is 0 Å². The number of aromatic nitrogens is 2. The predicted molar refractivity (Wildman–Crippen MR) is 56.7 cm³/mol. The fourth-order valence-corrected chi connectivity index (χ4v) is 1.79. The van der Waals surface area contributed by atoms with E-state index in [0.29, 0.717) is 0 Å². The lowest BCUT2D eigenvalue weighted by molar-refractivity contribution is 1.07. The van der Waals surface area contributed by atoms with Gasteiger partial charge >= 0.3 is 0 Å². The van der Waals surface area contributed by atoms with Crippen LogP contribution in [0.15, 0.2) is 22.8 Å². The third-order valence-corrected chi connectivity index (χ3v) is 2.67. The van der Waals surface area contributed by atoms with E-state index >= 15 is 0 Å². The van der Waals surface area contributed by atoms with Crippen molar-refractivity contribution in [3.63, 3.8) is 0 Å². The maximum Gasteiger partial charge on any atom is 0.153 e. The first-order valence-corrected chi connectivity index (χ1v) is 4.94. The van der Waals surface area contributed by atoms with Crippen molar-refractivity contribution in [1.82, 2.24) is 9.38 Å². The van der Waals surface area contributed by atoms with E-state index in [1.807, 2.05) is 29.7 Å². The molecule has 4 heteroatoms. The molecule has 68 valence electrons. The molecule has 0 saturated carbocycles. The van der Waals surface area contributed by atoms with Crippen LogP contribution in [0.2, 0.25) is 0 Å². The number of hydrogen-bond donors (Lipinski definition) is 1. The van der Waals surface area contributed by atoms with Gasteiger partial charge in [0, 0.05) is 6.20 Å². The van der Waals surface area contributed by atoms with Gasteiger partial charge in [0.15, 0.2) is 5.65 Å². The molecule has 0 unspecified atom stereocenters. The van der Waals surface area contributed by atoms with Gasteiger partial charge in [0.05, 0.1) is 10.2 Å². The minimum absolute atomic E-state index is 0.735. The number of imidazole rings is 1. The summed E-state index contributed by atoms with van der Waals surface area (Å²) in [6.45, 7) is 2.05. The normalized spacial score (nSPS) is 10.9. The zero-order chi connectivity index (χ0) is 9.42. The summed E-state index contributed by atoms with van der Waals surface area (Å²) in [5.74, 6) is 0.735. The fourth-order valence-electron chi connectivity index (χ4n) is 1.36. The van der Waals surface area contributed by atoms with Crippen molar-refractivity contribution in [3.8, 4) is 0 Å². The van der Waals surface area contributed by atoms with E-state index in [-0.39, 0.29) is 0 Å². The second-order valence-electron chi connectivity index (χ2n) is 2.85. The molecule has 2 N–H and O–H groups in total. The van der Waals surface area contributed by atoms with Crippen molar-refractivity contribution in [2.24, 2.45) is 0 Å². The average molecular weight is 240 g/mol. The molecule has 0 amide bonds. The number of rotatable bonds is 1. The summed E-state index contributed by atoms with van der Waals surface area (Å²) < 4.78 is 2.87. The Morgan fingerprint density at radius 1 is 1.62 bits per heavy atom. The Hall–Kier alpha value is -1.03. The van der Waals surface area contributed by atoms with Gasteiger partial charge in [-0.2, -0.15) is 0 Å². The zero-order valence-corrected chi connectivity index (χ0v) is 8.87. The van der Waals surface area contributed by atoms with Crippen molar-refractivity contribution in [2.75, 3.05) is 5.73 Å². The third kappa shape index (κ3) is 1.21. The van der Waals surface area contributed by atoms with Gasteiger partial charge in [0.2, 0.25) is 0 Å². The van der Waals surface area contributed by atoms with E-state index in [2.05, 4.69) is 20.9 Å². The third-order valence-electron chi connectivity index (χ3n) is 2.05. The minimum atomic E-state index is 0.735. The highest BCUT2D eigenvalue weighted by molar-refractivity contribution is 9.10. The molecular formula is C9H10BrN3. The average Bonchev–Trinajstić information content (AvgIpc) is 2.45. The monoisotopic (exact) mass is 239 g/mol. The van der Waals surface area contributed by atoms with E-state index in [9.17, 15) is 0 Å². The van der Waals surface area contributed by atoms with Crippen LogP contribution >= 0.6 is 15.9 Å². The topological polar surface area (TPSA) is 43.3 Å². The number of halogens is 1. The van der Waals surface area contributed by atoms with E-state index in [1.54, 1.807) is 0 Å². The lowest BCUT2D eigenvalue weighted by Gasteiger charge is -1.96. The Balaban J connectivity index is 2.83. The molecule has 0 aromatic carbocycles. The largest absolute Gasteiger partial charge is 0.383 e. The molecule has 0 radical (unpaired) electrons. The first-order valence-electron chi connectivity index (χ1n) is 4.15. The van der Waals surface area contributed by atoms with Crippen molar-refractivity contribution in [2.45, 2.75) is 13.3 Å². The molecule has 0 bridgehead atoms. The number of fused-ring (bicyclic) bond motifs is 1. The molecule has 0 fully saturated rings. The van der Waals surface area contributed by atoms with Gasteiger partial charge in [-0.25, -0.2) is 4.98 Å². The molecule has 0 aliphatic carbocycles. The van der Waals surface area contributed by atoms with E-state index < -0.39 is 0 Å². The highest BCUT2D eigenvalue weighted by Crippen LogP contribution is 2.21. The van der Waals surface area contributed by atoms with E-state index in [4.69, 9.17) is 5.73 Å². The Labute approximate surface area is 84.7 Å². The van der Waals surface area contributed by atoms with Crippen molar-refractivity contribution in [1.29, 1.82) is 0 Å². The van der Waals surface area contributed by atoms with Crippen LogP contribution in [0.3, 0.4) is 0 Å². The van der Waals surface area contributed by atoms with E-state index in [0.717, 1.165) is 28.1 Å². The standard InChI is InChI=1S/C9H10BrN3/c1-2-7-8(11)13-5-3-4-6(10)9(13)12-7/h3-5H,2,11H2,1H3. The van der Waals surface area contributed by atoms with Gasteiger partial charge in [-0.15, -0.1) is 0 Å². The fraction of sp³-hybridized carbons (Fsp3) is 0.222. The van der Waals surface area contributed by atoms with Crippen LogP contribution in [0.25, 0.3) is 5.65 Å². The maximum atomic E-state index is 5.90. The predicted octanol–water partition coefficient (Wildman–Crippen LogP) is 2.24. The van der Waals surface area contributed by atoms with Gasteiger partial charge < -0.3 is 5.73 Å². The molecule has 2 aromatic rings. The minimum Gasteiger partial charge on any atom is -0.383 e. The summed E-state index contributed by atoms with van der Waals surface area (Å²) in [5.41, 5.74) is 7.73. The first-order chi connectivity index (χ1) is 6.24. The molecule has 3 nitrogen and oxygen atoms in total. The smallest absolute Gasteiger partial charge is 0.153 e. The molecule has 0 atom stereocenters. The maximum absolute atomic E-state index is 5.90. The van der Waals surface area contributed by atoms with Crippen LogP contribution in [-0.4, -0.2) is 9.38 Å². The molecule has 2 heterocycles. The molecule has 13 heavy (non-hydrogen) atoms. The highest BCUT2D eigenvalue weighted by Gasteiger charge is 2.08. The van der Waals surface area contributed by atoms with Crippen molar-refractivity contribution < 1.29 is 0 Å². The summed E-state index contributed by atoms with van der Waals surface area (Å²) >= 11 is 3.43. The van der Waals surface area contributed by atoms with Crippen LogP contribution in [0.1, 0.15) is 12.6 Å². The Morgan fingerprint density at radius 3 is 3.00 bits per heavy atom. The van der Waals surface area contributed by atoms with Crippen LogP contribution < -0.4 is 5.73 Å². The van der Waals surface area contributed by atoms with Gasteiger partial charge in [-0.3, -0.25) is 4.40 Å². The zero-order valence-electron chi connectivity index (χ0n) is 7.29. The van der Waals surface area contributed by atoms with Crippen LogP contribution in [-0.2, 0) is 6.42 Å². The lowest BCUT2D eigenvalue weighted by Crippen LogP contribution is -1.94. The molecule has 0 saturated heterocycles. The number of pyridine rings is 1. The first kappa shape index (κ1) is 8.56. The summed E-state index contributed by atoms with van der Waals surface area (Å²) in [4.78, 5) is 4.42. The molecule has 2 aromatic heterocycles. The summed E-state index contributed by atoms with van der Waals surface area (Å²) in [5, 5.41) is 0. The molecule has 2 rings (SSSR count). The second-order valence-corrected chi connectivity index (χ2v) is 3.70. The Morgan fingerprint density at radius 2 is 2.38 bits per heavy atom. The lowest BCUT2D eigenvalue weighted by atomic mass is 10.3. The Bertz CT molecular complexity index is 447. The molecule has 0 spiro atoms. The number of hydrogen-bond acceptors (Lipinski definition) is 2. The summed E-state index contributed by atoms with van der Waals surface area (Å²) in [7, 11) is 0. The number of anilines is 1. The van der Waals surface area contributed by atoms with Crippen molar-refractivity contribution >= 4 is 27.4 Å². The van der Waals surface area contributed by atoms with Crippen LogP contribution in [0.4, 0.5) is 5.82 Å².